The summed E-state index contributed by atoms with van der Waals surface area (Å²) >= 11 is 0. The Labute approximate surface area is 292 Å². The van der Waals surface area contributed by atoms with Crippen LogP contribution in [0.5, 0.6) is 23.0 Å². The second-order valence-electron chi connectivity index (χ2n) is 15.5. The quantitative estimate of drug-likeness (QED) is 0.0999. The number of benzene rings is 2. The monoisotopic (exact) mass is 676 g/mol. The number of rotatable bonds is 12. The summed E-state index contributed by atoms with van der Waals surface area (Å²) in [6.45, 7) is 12.1. The molecule has 0 radical (unpaired) electrons. The molecule has 2 N–H and O–H groups in total. The molecular formula is C40H56N2O7. The summed E-state index contributed by atoms with van der Waals surface area (Å²) in [5.74, 6) is 0.0100. The molecule has 0 heterocycles. The largest absolute Gasteiger partial charge is 0.507 e. The number of carbonyl (C=O) groups excluding carboxylic acids is 2. The van der Waals surface area contributed by atoms with E-state index >= 15 is 0 Å². The predicted molar refractivity (Wildman–Crippen MR) is 194 cm³/mol. The average molecular weight is 677 g/mol. The highest BCUT2D eigenvalue weighted by Crippen LogP contribution is 2.38. The first-order valence-corrected chi connectivity index (χ1v) is 18.0. The van der Waals surface area contributed by atoms with Gasteiger partial charge < -0.3 is 24.4 Å². The van der Waals surface area contributed by atoms with Gasteiger partial charge in [0.2, 0.25) is 0 Å². The number of phenolic OH excluding ortho intramolecular Hbond substituents is 2. The van der Waals surface area contributed by atoms with Crippen LogP contribution < -0.4 is 9.47 Å². The summed E-state index contributed by atoms with van der Waals surface area (Å²) in [6, 6.07) is 7.18. The van der Waals surface area contributed by atoms with E-state index in [0.29, 0.717) is 33.8 Å². The highest BCUT2D eigenvalue weighted by Gasteiger charge is 2.24. The van der Waals surface area contributed by atoms with Gasteiger partial charge in [0.25, 0.3) is 0 Å². The normalized spacial score (nSPS) is 16.8. The minimum absolute atomic E-state index is 0.0110. The molecule has 2 aliphatic carbocycles. The van der Waals surface area contributed by atoms with E-state index in [1.807, 2.05) is 41.5 Å². The van der Waals surface area contributed by atoms with Gasteiger partial charge in [-0.05, 0) is 60.8 Å². The molecule has 9 heteroatoms. The Morgan fingerprint density at radius 3 is 1.37 bits per heavy atom. The van der Waals surface area contributed by atoms with Crippen LogP contribution in [0.3, 0.4) is 0 Å². The van der Waals surface area contributed by atoms with E-state index in [-0.39, 0.29) is 60.5 Å². The van der Waals surface area contributed by atoms with E-state index in [2.05, 4.69) is 0 Å². The van der Waals surface area contributed by atoms with Crippen LogP contribution in [-0.2, 0) is 25.2 Å². The van der Waals surface area contributed by atoms with Gasteiger partial charge in [-0.1, -0.05) is 80.1 Å². The number of esters is 2. The van der Waals surface area contributed by atoms with Gasteiger partial charge in [-0.2, -0.15) is 0 Å². The topological polar surface area (TPSA) is 127 Å². The Hall–Kier alpha value is -3.72. The standard InChI is InChI=1S/C40H56N2O7/c1-39(2,3)33-23-31(21-27(37(33)45)25-41-29-13-9-7-10-14-29)48-35(43)17-19-47-20-18-36(44)49-32-22-28(26-42-30-15-11-8-12-16-30)38(46)34(24-32)40(4,5)6/h21-26,29-30,45-46H,7-20H2,1-6H3. The van der Waals surface area contributed by atoms with Crippen LogP contribution >= 0.6 is 0 Å². The third-order valence-corrected chi connectivity index (χ3v) is 9.20. The van der Waals surface area contributed by atoms with Crippen LogP contribution in [0.4, 0.5) is 0 Å². The lowest BCUT2D eigenvalue weighted by Crippen LogP contribution is -2.17. The summed E-state index contributed by atoms with van der Waals surface area (Å²) in [7, 11) is 0. The fourth-order valence-corrected chi connectivity index (χ4v) is 6.33. The average Bonchev–Trinajstić information content (AvgIpc) is 3.04. The zero-order chi connectivity index (χ0) is 35.6. The molecule has 49 heavy (non-hydrogen) atoms. The van der Waals surface area contributed by atoms with E-state index in [1.54, 1.807) is 36.7 Å². The SMILES string of the molecule is CC(C)(C)c1cc(OC(=O)CCOCCC(=O)Oc2cc(C=NC3CCCCC3)c(O)c(C(C)(C)C)c2)cc(C=NC2CCCCC2)c1O. The summed E-state index contributed by atoms with van der Waals surface area (Å²) in [5.41, 5.74) is 1.64. The van der Waals surface area contributed by atoms with Gasteiger partial charge in [-0.25, -0.2) is 0 Å². The second kappa shape index (κ2) is 17.3. The predicted octanol–water partition coefficient (Wildman–Crippen LogP) is 8.50. The van der Waals surface area contributed by atoms with Crippen molar-refractivity contribution < 1.29 is 34.0 Å². The minimum Gasteiger partial charge on any atom is -0.507 e. The van der Waals surface area contributed by atoms with Crippen molar-refractivity contribution in [1.29, 1.82) is 0 Å². The van der Waals surface area contributed by atoms with Crippen molar-refractivity contribution in [2.45, 2.75) is 142 Å². The lowest BCUT2D eigenvalue weighted by Gasteiger charge is -2.23. The number of aromatic hydroxyl groups is 2. The van der Waals surface area contributed by atoms with Gasteiger partial charge >= 0.3 is 11.9 Å². The summed E-state index contributed by atoms with van der Waals surface area (Å²) in [6.07, 6.45) is 14.7. The second-order valence-corrected chi connectivity index (χ2v) is 15.5. The molecule has 2 aliphatic rings. The number of nitrogens with zero attached hydrogens (tertiary/aromatic N) is 2. The molecule has 268 valence electrons. The van der Waals surface area contributed by atoms with Crippen molar-refractivity contribution in [2.24, 2.45) is 9.98 Å². The van der Waals surface area contributed by atoms with Crippen molar-refractivity contribution in [1.82, 2.24) is 0 Å². The van der Waals surface area contributed by atoms with E-state index in [4.69, 9.17) is 24.2 Å². The van der Waals surface area contributed by atoms with Crippen molar-refractivity contribution >= 4 is 24.4 Å². The lowest BCUT2D eigenvalue weighted by atomic mass is 9.85. The van der Waals surface area contributed by atoms with Crippen LogP contribution in [0.1, 0.15) is 141 Å². The van der Waals surface area contributed by atoms with E-state index < -0.39 is 11.9 Å². The number of hydrogen-bond acceptors (Lipinski definition) is 9. The van der Waals surface area contributed by atoms with E-state index in [0.717, 1.165) is 51.4 Å². The number of carbonyl (C=O) groups is 2. The van der Waals surface area contributed by atoms with Gasteiger partial charge in [-0.15, -0.1) is 0 Å². The van der Waals surface area contributed by atoms with E-state index in [1.165, 1.54) is 12.8 Å². The van der Waals surface area contributed by atoms with Crippen LogP contribution in [-0.4, -0.2) is 59.9 Å². The molecule has 0 saturated heterocycles. The Morgan fingerprint density at radius 1 is 0.653 bits per heavy atom. The van der Waals surface area contributed by atoms with Gasteiger partial charge in [0.15, 0.2) is 0 Å². The zero-order valence-electron chi connectivity index (χ0n) is 30.3. The maximum absolute atomic E-state index is 12.7. The van der Waals surface area contributed by atoms with Gasteiger partial charge in [0, 0.05) is 46.8 Å². The number of aliphatic imine (C=N–C) groups is 2. The first-order chi connectivity index (χ1) is 23.2. The van der Waals surface area contributed by atoms with Crippen molar-refractivity contribution in [3.05, 3.63) is 46.5 Å². The Balaban J connectivity index is 1.29. The number of ether oxygens (including phenoxy) is 3. The fourth-order valence-electron chi connectivity index (χ4n) is 6.33. The lowest BCUT2D eigenvalue weighted by molar-refractivity contribution is -0.136. The third kappa shape index (κ3) is 11.7. The molecule has 0 unspecified atom stereocenters. The van der Waals surface area contributed by atoms with Crippen LogP contribution in [0, 0.1) is 0 Å². The van der Waals surface area contributed by atoms with Gasteiger partial charge in [-0.3, -0.25) is 19.6 Å². The molecule has 0 bridgehead atoms. The maximum Gasteiger partial charge on any atom is 0.313 e. The van der Waals surface area contributed by atoms with Crippen LogP contribution in [0.15, 0.2) is 34.3 Å². The molecular weight excluding hydrogens is 620 g/mol. The van der Waals surface area contributed by atoms with E-state index in [9.17, 15) is 19.8 Å². The highest BCUT2D eigenvalue weighted by atomic mass is 16.5. The molecule has 2 aromatic rings. The number of hydrogen-bond donors (Lipinski definition) is 2. The van der Waals surface area contributed by atoms with Crippen molar-refractivity contribution in [3.8, 4) is 23.0 Å². The highest BCUT2D eigenvalue weighted by molar-refractivity contribution is 5.87. The Kier molecular flexibility index (Phi) is 13.4. The first kappa shape index (κ1) is 38.1. The number of phenols is 2. The first-order valence-electron chi connectivity index (χ1n) is 18.0. The molecule has 2 saturated carbocycles. The van der Waals surface area contributed by atoms with Crippen molar-refractivity contribution in [2.75, 3.05) is 13.2 Å². The van der Waals surface area contributed by atoms with Crippen LogP contribution in [0.25, 0.3) is 0 Å². The molecule has 2 aromatic carbocycles. The van der Waals surface area contributed by atoms with Crippen LogP contribution in [0.2, 0.25) is 0 Å². The van der Waals surface area contributed by atoms with Gasteiger partial charge in [0.1, 0.15) is 23.0 Å². The summed E-state index contributed by atoms with van der Waals surface area (Å²) < 4.78 is 16.9. The minimum atomic E-state index is -0.482. The molecule has 0 aliphatic heterocycles. The molecule has 0 amide bonds. The zero-order valence-corrected chi connectivity index (χ0v) is 30.3. The van der Waals surface area contributed by atoms with Crippen molar-refractivity contribution in [3.63, 3.8) is 0 Å². The fraction of sp³-hybridized carbons (Fsp3) is 0.600. The Morgan fingerprint density at radius 2 is 1.02 bits per heavy atom. The molecule has 0 atom stereocenters. The third-order valence-electron chi connectivity index (χ3n) is 9.20. The Bertz CT molecular complexity index is 1380. The summed E-state index contributed by atoms with van der Waals surface area (Å²) in [4.78, 5) is 34.9. The molecule has 9 nitrogen and oxygen atoms in total. The van der Waals surface area contributed by atoms with Gasteiger partial charge in [0.05, 0.1) is 26.1 Å². The summed E-state index contributed by atoms with van der Waals surface area (Å²) in [5, 5.41) is 22.0. The maximum atomic E-state index is 12.7. The molecule has 2 fully saturated rings. The molecule has 0 aromatic heterocycles. The molecule has 4 rings (SSSR count). The molecule has 0 spiro atoms. The smallest absolute Gasteiger partial charge is 0.313 e.